The SMILES string of the molecule is CNc1cccc(OC2CC2)c1N(C)C. The summed E-state index contributed by atoms with van der Waals surface area (Å²) in [5, 5.41) is 3.19. The summed E-state index contributed by atoms with van der Waals surface area (Å²) in [6, 6.07) is 6.13. The molecular weight excluding hydrogens is 188 g/mol. The van der Waals surface area contributed by atoms with Crippen LogP contribution in [0.4, 0.5) is 11.4 Å². The van der Waals surface area contributed by atoms with E-state index in [4.69, 9.17) is 4.74 Å². The molecule has 0 aliphatic heterocycles. The Bertz CT molecular complexity index is 345. The van der Waals surface area contributed by atoms with Crippen LogP contribution in [0.3, 0.4) is 0 Å². The molecule has 0 atom stereocenters. The average Bonchev–Trinajstić information content (AvgIpc) is 3.01. The molecule has 1 aromatic carbocycles. The molecule has 0 spiro atoms. The van der Waals surface area contributed by atoms with Crippen LogP contribution in [0.25, 0.3) is 0 Å². The predicted molar refractivity (Wildman–Crippen MR) is 64.0 cm³/mol. The Balaban J connectivity index is 2.32. The number of anilines is 2. The minimum Gasteiger partial charge on any atom is -0.488 e. The van der Waals surface area contributed by atoms with Crippen molar-refractivity contribution in [2.45, 2.75) is 18.9 Å². The van der Waals surface area contributed by atoms with E-state index < -0.39 is 0 Å². The molecule has 0 unspecified atom stereocenters. The van der Waals surface area contributed by atoms with Gasteiger partial charge >= 0.3 is 0 Å². The van der Waals surface area contributed by atoms with Crippen molar-refractivity contribution in [3.8, 4) is 5.75 Å². The van der Waals surface area contributed by atoms with Crippen LogP contribution < -0.4 is 15.0 Å². The van der Waals surface area contributed by atoms with Gasteiger partial charge in [0.15, 0.2) is 0 Å². The molecule has 0 saturated heterocycles. The van der Waals surface area contributed by atoms with E-state index in [1.807, 2.05) is 33.3 Å². The number of para-hydroxylation sites is 1. The number of benzene rings is 1. The molecule has 15 heavy (non-hydrogen) atoms. The second-order valence-corrected chi connectivity index (χ2v) is 4.11. The van der Waals surface area contributed by atoms with Crippen LogP contribution in [0, 0.1) is 0 Å². The molecule has 1 aliphatic carbocycles. The van der Waals surface area contributed by atoms with E-state index in [2.05, 4.69) is 16.3 Å². The van der Waals surface area contributed by atoms with Crippen molar-refractivity contribution >= 4 is 11.4 Å². The first-order valence-corrected chi connectivity index (χ1v) is 5.37. The van der Waals surface area contributed by atoms with E-state index in [0.29, 0.717) is 6.10 Å². The largest absolute Gasteiger partial charge is 0.488 e. The normalized spacial score (nSPS) is 14.9. The van der Waals surface area contributed by atoms with Gasteiger partial charge < -0.3 is 15.0 Å². The zero-order chi connectivity index (χ0) is 10.8. The molecule has 1 N–H and O–H groups in total. The molecule has 0 radical (unpaired) electrons. The number of hydrogen-bond acceptors (Lipinski definition) is 3. The van der Waals surface area contributed by atoms with Gasteiger partial charge in [0, 0.05) is 21.1 Å². The number of hydrogen-bond donors (Lipinski definition) is 1. The topological polar surface area (TPSA) is 24.5 Å². The van der Waals surface area contributed by atoms with Gasteiger partial charge in [-0.25, -0.2) is 0 Å². The van der Waals surface area contributed by atoms with Crippen molar-refractivity contribution in [2.24, 2.45) is 0 Å². The second kappa shape index (κ2) is 4.01. The lowest BCUT2D eigenvalue weighted by Gasteiger charge is -2.21. The summed E-state index contributed by atoms with van der Waals surface area (Å²) in [6.07, 6.45) is 2.82. The van der Waals surface area contributed by atoms with Gasteiger partial charge in [0.2, 0.25) is 0 Å². The highest BCUT2D eigenvalue weighted by Crippen LogP contribution is 2.38. The highest BCUT2D eigenvalue weighted by Gasteiger charge is 2.25. The van der Waals surface area contributed by atoms with E-state index in [1.54, 1.807) is 0 Å². The van der Waals surface area contributed by atoms with Crippen LogP contribution in [0.5, 0.6) is 5.75 Å². The molecule has 1 fully saturated rings. The summed E-state index contributed by atoms with van der Waals surface area (Å²) in [5.74, 6) is 0.981. The zero-order valence-corrected chi connectivity index (χ0v) is 9.58. The monoisotopic (exact) mass is 206 g/mol. The third-order valence-electron chi connectivity index (χ3n) is 2.53. The average molecular weight is 206 g/mol. The summed E-state index contributed by atoms with van der Waals surface area (Å²) in [5.41, 5.74) is 2.24. The highest BCUT2D eigenvalue weighted by molar-refractivity contribution is 5.76. The summed E-state index contributed by atoms with van der Waals surface area (Å²) < 4.78 is 5.88. The maximum Gasteiger partial charge on any atom is 0.145 e. The Labute approximate surface area is 91.0 Å². The predicted octanol–water partition coefficient (Wildman–Crippen LogP) is 2.34. The van der Waals surface area contributed by atoms with Gasteiger partial charge in [0.1, 0.15) is 11.4 Å². The summed E-state index contributed by atoms with van der Waals surface area (Å²) in [6.45, 7) is 0. The van der Waals surface area contributed by atoms with Crippen molar-refractivity contribution in [1.82, 2.24) is 0 Å². The third-order valence-corrected chi connectivity index (χ3v) is 2.53. The molecular formula is C12H18N2O. The Kier molecular flexibility index (Phi) is 2.71. The van der Waals surface area contributed by atoms with Gasteiger partial charge in [-0.1, -0.05) is 6.07 Å². The van der Waals surface area contributed by atoms with Crippen LogP contribution >= 0.6 is 0 Å². The van der Waals surface area contributed by atoms with Crippen molar-refractivity contribution < 1.29 is 4.74 Å². The molecule has 0 amide bonds. The van der Waals surface area contributed by atoms with Gasteiger partial charge in [-0.15, -0.1) is 0 Å². The fourth-order valence-electron chi connectivity index (χ4n) is 1.65. The lowest BCUT2D eigenvalue weighted by atomic mass is 10.2. The van der Waals surface area contributed by atoms with Crippen LogP contribution in [0.2, 0.25) is 0 Å². The number of ether oxygens (including phenoxy) is 1. The summed E-state index contributed by atoms with van der Waals surface area (Å²) in [7, 11) is 6.01. The van der Waals surface area contributed by atoms with Crippen LogP contribution in [-0.4, -0.2) is 27.2 Å². The molecule has 0 aromatic heterocycles. The second-order valence-electron chi connectivity index (χ2n) is 4.11. The molecule has 0 bridgehead atoms. The first-order chi connectivity index (χ1) is 7.22. The lowest BCUT2D eigenvalue weighted by molar-refractivity contribution is 0.304. The van der Waals surface area contributed by atoms with E-state index in [1.165, 1.54) is 12.8 Å². The Hall–Kier alpha value is -1.38. The van der Waals surface area contributed by atoms with Gasteiger partial charge in [-0.05, 0) is 25.0 Å². The molecule has 3 heteroatoms. The number of nitrogens with zero attached hydrogens (tertiary/aromatic N) is 1. The molecule has 1 aromatic rings. The first kappa shape index (κ1) is 10.1. The van der Waals surface area contributed by atoms with Crippen molar-refractivity contribution in [2.75, 3.05) is 31.4 Å². The van der Waals surface area contributed by atoms with Gasteiger partial charge in [-0.2, -0.15) is 0 Å². The number of nitrogens with one attached hydrogen (secondary N) is 1. The molecule has 82 valence electrons. The number of rotatable bonds is 4. The Morgan fingerprint density at radius 2 is 2.07 bits per heavy atom. The molecule has 0 heterocycles. The van der Waals surface area contributed by atoms with Crippen LogP contribution in [0.15, 0.2) is 18.2 Å². The standard InChI is InChI=1S/C12H18N2O/c1-13-10-5-4-6-11(12(10)14(2)3)15-9-7-8-9/h4-6,9,13H,7-8H2,1-3H3. The van der Waals surface area contributed by atoms with Gasteiger partial charge in [0.05, 0.1) is 11.8 Å². The Morgan fingerprint density at radius 1 is 1.33 bits per heavy atom. The first-order valence-electron chi connectivity index (χ1n) is 5.37. The molecule has 1 saturated carbocycles. The fraction of sp³-hybridized carbons (Fsp3) is 0.500. The van der Waals surface area contributed by atoms with Crippen molar-refractivity contribution in [1.29, 1.82) is 0 Å². The van der Waals surface area contributed by atoms with Gasteiger partial charge in [0.25, 0.3) is 0 Å². The zero-order valence-electron chi connectivity index (χ0n) is 9.58. The lowest BCUT2D eigenvalue weighted by Crippen LogP contribution is -2.13. The quantitative estimate of drug-likeness (QED) is 0.818. The highest BCUT2D eigenvalue weighted by atomic mass is 16.5. The summed E-state index contributed by atoms with van der Waals surface area (Å²) >= 11 is 0. The molecule has 2 rings (SSSR count). The summed E-state index contributed by atoms with van der Waals surface area (Å²) in [4.78, 5) is 2.09. The maximum absolute atomic E-state index is 5.88. The fourth-order valence-corrected chi connectivity index (χ4v) is 1.65. The smallest absolute Gasteiger partial charge is 0.145 e. The Morgan fingerprint density at radius 3 is 2.60 bits per heavy atom. The minimum absolute atomic E-state index is 0.441. The third kappa shape index (κ3) is 2.17. The van der Waals surface area contributed by atoms with Crippen molar-refractivity contribution in [3.05, 3.63) is 18.2 Å². The van der Waals surface area contributed by atoms with Crippen molar-refractivity contribution in [3.63, 3.8) is 0 Å². The molecule has 1 aliphatic rings. The van der Waals surface area contributed by atoms with E-state index in [9.17, 15) is 0 Å². The van der Waals surface area contributed by atoms with E-state index in [-0.39, 0.29) is 0 Å². The van der Waals surface area contributed by atoms with E-state index in [0.717, 1.165) is 17.1 Å². The van der Waals surface area contributed by atoms with Gasteiger partial charge in [-0.3, -0.25) is 0 Å². The minimum atomic E-state index is 0.441. The van der Waals surface area contributed by atoms with Crippen LogP contribution in [0.1, 0.15) is 12.8 Å². The molecule has 3 nitrogen and oxygen atoms in total. The van der Waals surface area contributed by atoms with E-state index >= 15 is 0 Å². The van der Waals surface area contributed by atoms with Crippen LogP contribution in [-0.2, 0) is 0 Å². The maximum atomic E-state index is 5.88.